The number of nitrogens with zero attached hydrogens (tertiary/aromatic N) is 1. The maximum absolute atomic E-state index is 13.2. The number of alkyl carbamates (subject to hydrolysis) is 1. The molecule has 2 rings (SSSR count). The highest BCUT2D eigenvalue weighted by molar-refractivity contribution is 7.89. The zero-order chi connectivity index (χ0) is 26.9. The van der Waals surface area contributed by atoms with Gasteiger partial charge in [-0.15, -0.1) is 6.58 Å². The van der Waals surface area contributed by atoms with Crippen LogP contribution in [0.4, 0.5) is 4.79 Å². The Labute approximate surface area is 212 Å². The zero-order valence-electron chi connectivity index (χ0n) is 20.9. The molecule has 2 aromatic rings. The number of sulfonamides is 1. The van der Waals surface area contributed by atoms with E-state index in [4.69, 9.17) is 9.47 Å². The van der Waals surface area contributed by atoms with Gasteiger partial charge in [0, 0.05) is 0 Å². The number of hydrogen-bond acceptors (Lipinski definition) is 7. The van der Waals surface area contributed by atoms with E-state index in [0.717, 1.165) is 5.56 Å². The van der Waals surface area contributed by atoms with E-state index in [-0.39, 0.29) is 18.0 Å². The van der Waals surface area contributed by atoms with Crippen molar-refractivity contribution in [3.05, 3.63) is 78.4 Å². The van der Waals surface area contributed by atoms with Crippen molar-refractivity contribution in [2.45, 2.75) is 57.3 Å². The fourth-order valence-electron chi connectivity index (χ4n) is 3.04. The maximum Gasteiger partial charge on any atom is 0.408 e. The van der Waals surface area contributed by atoms with Gasteiger partial charge in [-0.1, -0.05) is 54.1 Å². The molecule has 0 saturated carbocycles. The van der Waals surface area contributed by atoms with E-state index in [1.807, 2.05) is 0 Å². The van der Waals surface area contributed by atoms with E-state index < -0.39 is 46.1 Å². The fourth-order valence-corrected chi connectivity index (χ4v) is 4.42. The third-order valence-electron chi connectivity index (χ3n) is 4.76. The first-order chi connectivity index (χ1) is 16.8. The monoisotopic (exact) mass is 516 g/mol. The van der Waals surface area contributed by atoms with Gasteiger partial charge in [-0.25, -0.2) is 22.3 Å². The topological polar surface area (TPSA) is 119 Å². The van der Waals surface area contributed by atoms with Crippen LogP contribution in [0.3, 0.4) is 0 Å². The Morgan fingerprint density at radius 2 is 1.67 bits per heavy atom. The van der Waals surface area contributed by atoms with Crippen molar-refractivity contribution in [2.75, 3.05) is 6.54 Å². The van der Waals surface area contributed by atoms with Crippen molar-refractivity contribution in [3.8, 4) is 0 Å². The van der Waals surface area contributed by atoms with Gasteiger partial charge in [0.1, 0.15) is 18.2 Å². The van der Waals surface area contributed by atoms with E-state index in [1.165, 1.54) is 18.2 Å². The Balaban J connectivity index is 2.27. The highest BCUT2D eigenvalue weighted by atomic mass is 32.2. The lowest BCUT2D eigenvalue weighted by Gasteiger charge is -2.25. The normalized spacial score (nSPS) is 12.2. The summed E-state index contributed by atoms with van der Waals surface area (Å²) in [5, 5.41) is 2.33. The number of carbonyl (C=O) groups excluding carboxylic acids is 3. The number of ether oxygens (including phenoxy) is 2. The molecule has 0 aliphatic heterocycles. The summed E-state index contributed by atoms with van der Waals surface area (Å²) in [6.45, 7) is 9.83. The van der Waals surface area contributed by atoms with Gasteiger partial charge < -0.3 is 14.8 Å². The minimum Gasteiger partial charge on any atom is -0.459 e. The minimum absolute atomic E-state index is 0.0911. The summed E-state index contributed by atoms with van der Waals surface area (Å²) in [6.07, 6.45) is -0.368. The van der Waals surface area contributed by atoms with Crippen LogP contribution >= 0.6 is 0 Å². The third-order valence-corrected chi connectivity index (χ3v) is 6.56. The molecule has 2 amide bonds. The Kier molecular flexibility index (Phi) is 9.80. The molecular weight excluding hydrogens is 484 g/mol. The number of benzene rings is 2. The van der Waals surface area contributed by atoms with Crippen LogP contribution < -0.4 is 5.32 Å². The second-order valence-electron chi connectivity index (χ2n) is 9.03. The number of esters is 1. The van der Waals surface area contributed by atoms with Crippen molar-refractivity contribution >= 4 is 28.0 Å². The van der Waals surface area contributed by atoms with Gasteiger partial charge in [-0.2, -0.15) is 0 Å². The van der Waals surface area contributed by atoms with Crippen LogP contribution in [-0.2, 0) is 35.7 Å². The molecule has 194 valence electrons. The first-order valence-corrected chi connectivity index (χ1v) is 12.7. The Hall–Kier alpha value is -3.66. The van der Waals surface area contributed by atoms with Crippen molar-refractivity contribution in [2.24, 2.45) is 0 Å². The molecule has 0 heterocycles. The predicted molar refractivity (Wildman–Crippen MR) is 134 cm³/mol. The average molecular weight is 517 g/mol. The number of amides is 2. The van der Waals surface area contributed by atoms with Crippen molar-refractivity contribution in [1.29, 1.82) is 0 Å². The van der Waals surface area contributed by atoms with Crippen LogP contribution in [0.2, 0.25) is 0 Å². The largest absolute Gasteiger partial charge is 0.459 e. The van der Waals surface area contributed by atoms with Gasteiger partial charge >= 0.3 is 12.1 Å². The van der Waals surface area contributed by atoms with Crippen LogP contribution in [0.5, 0.6) is 0 Å². The summed E-state index contributed by atoms with van der Waals surface area (Å²) in [5.41, 5.74) is 0.678. The molecule has 2 aromatic carbocycles. The van der Waals surface area contributed by atoms with Crippen LogP contribution in [-0.4, -0.2) is 48.9 Å². The maximum atomic E-state index is 13.2. The average Bonchev–Trinajstić information content (AvgIpc) is 2.80. The molecule has 1 atom stereocenters. The molecule has 0 spiro atoms. The lowest BCUT2D eigenvalue weighted by atomic mass is 10.2. The first-order valence-electron chi connectivity index (χ1n) is 11.3. The molecule has 0 aliphatic rings. The van der Waals surface area contributed by atoms with Crippen LogP contribution in [0.15, 0.2) is 72.1 Å². The first kappa shape index (κ1) is 28.6. The van der Waals surface area contributed by atoms with Crippen LogP contribution in [0, 0.1) is 6.92 Å². The lowest BCUT2D eigenvalue weighted by molar-refractivity contribution is -0.149. The van der Waals surface area contributed by atoms with E-state index in [2.05, 4.69) is 11.9 Å². The molecule has 0 aliphatic carbocycles. The van der Waals surface area contributed by atoms with Crippen molar-refractivity contribution < 1.29 is 32.3 Å². The second kappa shape index (κ2) is 12.3. The Morgan fingerprint density at radius 1 is 1.06 bits per heavy atom. The number of aryl methyl sites for hydroxylation is 1. The molecule has 1 N–H and O–H groups in total. The van der Waals surface area contributed by atoms with Crippen LogP contribution in [0.1, 0.15) is 38.3 Å². The molecular formula is C26H32N2O7S. The molecule has 9 nitrogen and oxygen atoms in total. The van der Waals surface area contributed by atoms with Crippen LogP contribution in [0.25, 0.3) is 0 Å². The predicted octanol–water partition coefficient (Wildman–Crippen LogP) is 3.73. The summed E-state index contributed by atoms with van der Waals surface area (Å²) in [7, 11) is -4.25. The van der Waals surface area contributed by atoms with Gasteiger partial charge in [0.15, 0.2) is 0 Å². The molecule has 0 aromatic heterocycles. The highest BCUT2D eigenvalue weighted by Gasteiger charge is 2.34. The lowest BCUT2D eigenvalue weighted by Crippen LogP contribution is -2.48. The standard InChI is InChI=1S/C26H32N2O7S/c1-6-16-28(36(32,33)21-14-12-19(2)13-15-21)23(29)17-22(27-25(31)35-26(3,4)5)24(30)34-18-20-10-8-7-9-11-20/h6-15,22H,1,16-18H2,2-5H3,(H,27,31)/t22-/m0/s1. The summed E-state index contributed by atoms with van der Waals surface area (Å²) in [5.74, 6) is -1.84. The summed E-state index contributed by atoms with van der Waals surface area (Å²) < 4.78 is 37.5. The summed E-state index contributed by atoms with van der Waals surface area (Å²) >= 11 is 0. The number of carbonyl (C=O) groups is 3. The molecule has 0 bridgehead atoms. The van der Waals surface area contributed by atoms with Gasteiger partial charge in [-0.05, 0) is 45.4 Å². The number of hydrogen-bond donors (Lipinski definition) is 1. The third kappa shape index (κ3) is 8.53. The summed E-state index contributed by atoms with van der Waals surface area (Å²) in [4.78, 5) is 38.3. The molecule has 0 unspecified atom stereocenters. The second-order valence-corrected chi connectivity index (χ2v) is 10.9. The van der Waals surface area contributed by atoms with Crippen molar-refractivity contribution in [3.63, 3.8) is 0 Å². The van der Waals surface area contributed by atoms with E-state index in [0.29, 0.717) is 9.87 Å². The SMILES string of the molecule is C=CCN(C(=O)C[C@H](NC(=O)OC(C)(C)C)C(=O)OCc1ccccc1)S(=O)(=O)c1ccc(C)cc1. The van der Waals surface area contributed by atoms with Gasteiger partial charge in [0.25, 0.3) is 10.0 Å². The molecule has 0 saturated heterocycles. The number of rotatable bonds is 10. The van der Waals surface area contributed by atoms with E-state index in [1.54, 1.807) is 70.2 Å². The molecule has 0 radical (unpaired) electrons. The van der Waals surface area contributed by atoms with Crippen molar-refractivity contribution in [1.82, 2.24) is 9.62 Å². The molecule has 10 heteroatoms. The smallest absolute Gasteiger partial charge is 0.408 e. The Morgan fingerprint density at radius 3 is 2.22 bits per heavy atom. The van der Waals surface area contributed by atoms with Gasteiger partial charge in [0.2, 0.25) is 5.91 Å². The van der Waals surface area contributed by atoms with Gasteiger partial charge in [-0.3, -0.25) is 4.79 Å². The zero-order valence-corrected chi connectivity index (χ0v) is 21.7. The molecule has 36 heavy (non-hydrogen) atoms. The minimum atomic E-state index is -4.25. The quantitative estimate of drug-likeness (QED) is 0.378. The highest BCUT2D eigenvalue weighted by Crippen LogP contribution is 2.19. The fraction of sp³-hybridized carbons (Fsp3) is 0.346. The van der Waals surface area contributed by atoms with Gasteiger partial charge in [0.05, 0.1) is 17.9 Å². The molecule has 0 fully saturated rings. The Bertz CT molecular complexity index is 1170. The van der Waals surface area contributed by atoms with E-state index >= 15 is 0 Å². The van der Waals surface area contributed by atoms with E-state index in [9.17, 15) is 22.8 Å². The number of nitrogens with one attached hydrogen (secondary N) is 1. The summed E-state index contributed by atoms with van der Waals surface area (Å²) in [6, 6.07) is 13.3.